The Hall–Kier alpha value is -3.92. The molecule has 0 saturated carbocycles. The van der Waals surface area contributed by atoms with Crippen LogP contribution in [0.4, 0.5) is 5.82 Å². The van der Waals surface area contributed by atoms with Gasteiger partial charge in [-0.15, -0.1) is 0 Å². The average Bonchev–Trinajstić information content (AvgIpc) is 3.28. The number of amides is 1. The zero-order valence-corrected chi connectivity index (χ0v) is 15.5. The van der Waals surface area contributed by atoms with Crippen molar-refractivity contribution in [2.24, 2.45) is 5.10 Å². The summed E-state index contributed by atoms with van der Waals surface area (Å²) in [5, 5.41) is 21.4. The highest BCUT2D eigenvalue weighted by Gasteiger charge is 2.20. The van der Waals surface area contributed by atoms with E-state index in [2.05, 4.69) is 30.5 Å². The lowest BCUT2D eigenvalue weighted by Gasteiger charge is -2.06. The van der Waals surface area contributed by atoms with Gasteiger partial charge >= 0.3 is 0 Å². The van der Waals surface area contributed by atoms with Gasteiger partial charge in [-0.2, -0.15) is 5.10 Å². The fourth-order valence-corrected chi connectivity index (χ4v) is 2.93. The van der Waals surface area contributed by atoms with Gasteiger partial charge in [0.15, 0.2) is 17.3 Å². The average molecular weight is 412 g/mol. The largest absolute Gasteiger partial charge is 0.507 e. The number of hydrogen-bond donors (Lipinski definition) is 3. The molecule has 2 aromatic carbocycles. The number of carbonyl (C=O) groups excluding carboxylic acids is 1. The molecular weight excluding hydrogens is 398 g/mol. The summed E-state index contributed by atoms with van der Waals surface area (Å²) < 4.78 is 6.29. The predicted octanol–water partition coefficient (Wildman–Crippen LogP) is 2.18. The molecule has 1 amide bonds. The maximum absolute atomic E-state index is 12.5. The van der Waals surface area contributed by atoms with Gasteiger partial charge in [0.05, 0.1) is 17.2 Å². The first-order valence-electron chi connectivity index (χ1n) is 8.37. The second kappa shape index (κ2) is 7.60. The standard InChI is InChI=1S/C18H14ClN7O3/c19-11-5-6-14(27)10(7-11)8-21-23-15(28)9-26-13-4-2-1-3-12(13)22-18(26)16-17(20)25-29-24-16/h1-8,27H,9H2,(H2,20,25)(H,23,28). The van der Waals surface area contributed by atoms with Gasteiger partial charge in [-0.25, -0.2) is 15.0 Å². The Balaban J connectivity index is 1.59. The summed E-state index contributed by atoms with van der Waals surface area (Å²) in [5.74, 6) is -0.0283. The highest BCUT2D eigenvalue weighted by atomic mass is 35.5. The quantitative estimate of drug-likeness (QED) is 0.337. The Bertz CT molecular complexity index is 1230. The molecule has 4 aromatic rings. The van der Waals surface area contributed by atoms with Crippen molar-refractivity contribution in [1.82, 2.24) is 25.3 Å². The van der Waals surface area contributed by atoms with Crippen LogP contribution in [0.25, 0.3) is 22.6 Å². The van der Waals surface area contributed by atoms with E-state index in [9.17, 15) is 9.90 Å². The number of hydrazone groups is 1. The van der Waals surface area contributed by atoms with Crippen LogP contribution in [0.1, 0.15) is 5.56 Å². The van der Waals surface area contributed by atoms with Crippen molar-refractivity contribution in [3.8, 4) is 17.3 Å². The van der Waals surface area contributed by atoms with Crippen molar-refractivity contribution < 1.29 is 14.5 Å². The van der Waals surface area contributed by atoms with E-state index in [4.69, 9.17) is 17.3 Å². The Labute approximate surface area is 168 Å². The molecule has 0 bridgehead atoms. The van der Waals surface area contributed by atoms with Gasteiger partial charge in [0.2, 0.25) is 0 Å². The van der Waals surface area contributed by atoms with Gasteiger partial charge in [-0.3, -0.25) is 4.79 Å². The van der Waals surface area contributed by atoms with Gasteiger partial charge in [0.25, 0.3) is 5.91 Å². The van der Waals surface area contributed by atoms with Gasteiger partial charge < -0.3 is 15.4 Å². The van der Waals surface area contributed by atoms with Crippen molar-refractivity contribution in [1.29, 1.82) is 0 Å². The van der Waals surface area contributed by atoms with Gasteiger partial charge in [-0.1, -0.05) is 23.7 Å². The van der Waals surface area contributed by atoms with Gasteiger partial charge in [0, 0.05) is 10.6 Å². The molecule has 146 valence electrons. The van der Waals surface area contributed by atoms with Crippen LogP contribution in [-0.4, -0.2) is 37.1 Å². The van der Waals surface area contributed by atoms with Crippen molar-refractivity contribution in [3.05, 3.63) is 53.1 Å². The maximum atomic E-state index is 12.5. The van der Waals surface area contributed by atoms with E-state index in [-0.39, 0.29) is 23.8 Å². The minimum atomic E-state index is -0.429. The molecule has 0 aliphatic carbocycles. The number of hydrogen-bond acceptors (Lipinski definition) is 8. The van der Waals surface area contributed by atoms with Crippen molar-refractivity contribution >= 4 is 40.6 Å². The first kappa shape index (κ1) is 18.4. The Morgan fingerprint density at radius 1 is 1.31 bits per heavy atom. The first-order valence-corrected chi connectivity index (χ1v) is 8.75. The van der Waals surface area contributed by atoms with E-state index >= 15 is 0 Å². The summed E-state index contributed by atoms with van der Waals surface area (Å²) in [7, 11) is 0. The molecule has 10 nitrogen and oxygen atoms in total. The van der Waals surface area contributed by atoms with E-state index in [0.717, 1.165) is 0 Å². The molecule has 0 aliphatic heterocycles. The second-order valence-corrected chi connectivity index (χ2v) is 6.44. The number of aromatic nitrogens is 4. The SMILES string of the molecule is Nc1nonc1-c1nc2ccccc2n1CC(=O)NN=Cc1cc(Cl)ccc1O. The summed E-state index contributed by atoms with van der Waals surface area (Å²) in [6.07, 6.45) is 1.30. The van der Waals surface area contributed by atoms with Crippen LogP contribution >= 0.6 is 11.6 Å². The number of rotatable bonds is 5. The van der Waals surface area contributed by atoms with Crippen LogP contribution in [0.15, 0.2) is 52.2 Å². The fraction of sp³-hybridized carbons (Fsp3) is 0.0556. The number of para-hydroxylation sites is 2. The molecule has 11 heteroatoms. The summed E-state index contributed by atoms with van der Waals surface area (Å²) in [4.78, 5) is 16.9. The molecule has 0 radical (unpaired) electrons. The number of benzene rings is 2. The van der Waals surface area contributed by atoms with E-state index in [1.807, 2.05) is 18.2 Å². The number of nitrogens with zero attached hydrogens (tertiary/aromatic N) is 5. The number of fused-ring (bicyclic) bond motifs is 1. The molecule has 29 heavy (non-hydrogen) atoms. The van der Waals surface area contributed by atoms with Crippen LogP contribution in [-0.2, 0) is 11.3 Å². The lowest BCUT2D eigenvalue weighted by Crippen LogP contribution is -2.23. The normalized spacial score (nSPS) is 11.3. The van der Waals surface area contributed by atoms with Crippen LogP contribution in [0.5, 0.6) is 5.75 Å². The highest BCUT2D eigenvalue weighted by molar-refractivity contribution is 6.30. The summed E-state index contributed by atoms with van der Waals surface area (Å²) in [6, 6.07) is 11.8. The minimum Gasteiger partial charge on any atom is -0.507 e. The number of carbonyl (C=O) groups is 1. The Kier molecular flexibility index (Phi) is 4.83. The fourth-order valence-electron chi connectivity index (χ4n) is 2.75. The number of nitrogens with two attached hydrogens (primary N) is 1. The summed E-state index contributed by atoms with van der Waals surface area (Å²) in [6.45, 7) is -0.110. The lowest BCUT2D eigenvalue weighted by atomic mass is 10.2. The molecule has 4 N–H and O–H groups in total. The number of phenolic OH excluding ortho intramolecular Hbond substituents is 1. The predicted molar refractivity (Wildman–Crippen MR) is 106 cm³/mol. The molecule has 2 aromatic heterocycles. The first-order chi connectivity index (χ1) is 14.0. The number of phenols is 1. The molecule has 0 unspecified atom stereocenters. The van der Waals surface area contributed by atoms with E-state index in [1.54, 1.807) is 16.7 Å². The third-order valence-electron chi connectivity index (χ3n) is 4.06. The van der Waals surface area contributed by atoms with Crippen LogP contribution in [0, 0.1) is 0 Å². The summed E-state index contributed by atoms with van der Waals surface area (Å²) in [5.41, 5.74) is 10.2. The highest BCUT2D eigenvalue weighted by Crippen LogP contribution is 2.26. The number of imidazole rings is 1. The van der Waals surface area contributed by atoms with E-state index in [1.165, 1.54) is 18.3 Å². The molecule has 0 fully saturated rings. The maximum Gasteiger partial charge on any atom is 0.260 e. The molecule has 2 heterocycles. The number of aromatic hydroxyl groups is 1. The van der Waals surface area contributed by atoms with Crippen LogP contribution in [0.2, 0.25) is 5.02 Å². The molecule has 4 rings (SSSR count). The minimum absolute atomic E-state index is 0.00991. The Morgan fingerprint density at radius 3 is 2.93 bits per heavy atom. The number of nitrogen functional groups attached to an aromatic ring is 1. The zero-order valence-electron chi connectivity index (χ0n) is 14.8. The smallest absolute Gasteiger partial charge is 0.260 e. The second-order valence-electron chi connectivity index (χ2n) is 6.00. The molecule has 0 saturated heterocycles. The zero-order chi connectivity index (χ0) is 20.4. The van der Waals surface area contributed by atoms with Crippen molar-refractivity contribution in [2.75, 3.05) is 5.73 Å². The molecule has 0 spiro atoms. The van der Waals surface area contributed by atoms with Gasteiger partial charge in [-0.05, 0) is 40.6 Å². The lowest BCUT2D eigenvalue weighted by molar-refractivity contribution is -0.121. The number of halogens is 1. The third-order valence-corrected chi connectivity index (χ3v) is 4.30. The monoisotopic (exact) mass is 411 g/mol. The molecular formula is C18H14ClN7O3. The topological polar surface area (TPSA) is 144 Å². The van der Waals surface area contributed by atoms with E-state index < -0.39 is 5.91 Å². The summed E-state index contributed by atoms with van der Waals surface area (Å²) >= 11 is 5.89. The van der Waals surface area contributed by atoms with Crippen LogP contribution in [0.3, 0.4) is 0 Å². The van der Waals surface area contributed by atoms with Gasteiger partial charge in [0.1, 0.15) is 12.3 Å². The number of nitrogens with one attached hydrogen (secondary N) is 1. The van der Waals surface area contributed by atoms with E-state index in [0.29, 0.717) is 27.4 Å². The van der Waals surface area contributed by atoms with Crippen molar-refractivity contribution in [3.63, 3.8) is 0 Å². The molecule has 0 atom stereocenters. The Morgan fingerprint density at radius 2 is 2.14 bits per heavy atom. The third kappa shape index (κ3) is 3.73. The van der Waals surface area contributed by atoms with Crippen molar-refractivity contribution in [2.45, 2.75) is 6.54 Å². The molecule has 0 aliphatic rings. The number of anilines is 1. The van der Waals surface area contributed by atoms with Crippen LogP contribution < -0.4 is 11.2 Å².